The lowest BCUT2D eigenvalue weighted by atomic mass is 10.2. The van der Waals surface area contributed by atoms with E-state index in [0.29, 0.717) is 22.3 Å². The number of rotatable bonds is 5. The monoisotopic (exact) mass is 343 g/mol. The summed E-state index contributed by atoms with van der Waals surface area (Å²) in [5, 5.41) is 5.05. The molecule has 0 aliphatic carbocycles. The van der Waals surface area contributed by atoms with Crippen LogP contribution in [0.5, 0.6) is 0 Å². The van der Waals surface area contributed by atoms with Crippen LogP contribution in [-0.2, 0) is 11.3 Å². The summed E-state index contributed by atoms with van der Waals surface area (Å²) in [4.78, 5) is 28.8. The summed E-state index contributed by atoms with van der Waals surface area (Å²) in [6, 6.07) is 7.93. The first-order chi connectivity index (χ1) is 11.6. The van der Waals surface area contributed by atoms with Crippen molar-refractivity contribution in [1.82, 2.24) is 14.9 Å². The summed E-state index contributed by atoms with van der Waals surface area (Å²) in [7, 11) is 0. The lowest BCUT2D eigenvalue weighted by Crippen LogP contribution is -2.29. The maximum atomic E-state index is 13.4. The second kappa shape index (κ2) is 7.18. The molecule has 0 saturated carbocycles. The second-order valence-electron chi connectivity index (χ2n) is 5.03. The SMILES string of the molecule is O=C(/C=C/c1ccccc1F)NCCn1cnc2sccc2c1=O. The zero-order valence-electron chi connectivity index (χ0n) is 12.6. The molecule has 0 spiro atoms. The molecule has 1 aromatic carbocycles. The van der Waals surface area contributed by atoms with E-state index in [9.17, 15) is 14.0 Å². The van der Waals surface area contributed by atoms with E-state index < -0.39 is 0 Å². The van der Waals surface area contributed by atoms with Crippen molar-refractivity contribution in [3.05, 3.63) is 69.8 Å². The smallest absolute Gasteiger partial charge is 0.262 e. The van der Waals surface area contributed by atoms with Crippen molar-refractivity contribution in [3.8, 4) is 0 Å². The third-order valence-corrected chi connectivity index (χ3v) is 4.24. The predicted octanol–water partition coefficient (Wildman–Crippen LogP) is 2.43. The third kappa shape index (κ3) is 3.57. The number of carbonyl (C=O) groups is 1. The van der Waals surface area contributed by atoms with Gasteiger partial charge in [0.05, 0.1) is 11.7 Å². The molecule has 7 heteroatoms. The highest BCUT2D eigenvalue weighted by Gasteiger charge is 2.05. The first kappa shape index (κ1) is 16.1. The molecule has 0 saturated heterocycles. The fraction of sp³-hybridized carbons (Fsp3) is 0.118. The zero-order valence-corrected chi connectivity index (χ0v) is 13.4. The molecule has 3 aromatic rings. The van der Waals surface area contributed by atoms with Crippen LogP contribution >= 0.6 is 11.3 Å². The summed E-state index contributed by atoms with van der Waals surface area (Å²) >= 11 is 1.41. The van der Waals surface area contributed by atoms with Crippen LogP contribution in [0.3, 0.4) is 0 Å². The molecule has 122 valence electrons. The highest BCUT2D eigenvalue weighted by molar-refractivity contribution is 7.16. The summed E-state index contributed by atoms with van der Waals surface area (Å²) < 4.78 is 14.9. The quantitative estimate of drug-likeness (QED) is 0.724. The molecular formula is C17H14FN3O2S. The van der Waals surface area contributed by atoms with Crippen LogP contribution in [0.25, 0.3) is 16.3 Å². The summed E-state index contributed by atoms with van der Waals surface area (Å²) in [5.41, 5.74) is 0.216. The third-order valence-electron chi connectivity index (χ3n) is 3.42. The van der Waals surface area contributed by atoms with E-state index in [2.05, 4.69) is 10.3 Å². The molecule has 0 atom stereocenters. The Kier molecular flexibility index (Phi) is 4.81. The van der Waals surface area contributed by atoms with Crippen LogP contribution in [0.4, 0.5) is 4.39 Å². The highest BCUT2D eigenvalue weighted by atomic mass is 32.1. The normalized spacial score (nSPS) is 11.2. The molecule has 24 heavy (non-hydrogen) atoms. The molecule has 5 nitrogen and oxygen atoms in total. The number of fused-ring (bicyclic) bond motifs is 1. The van der Waals surface area contributed by atoms with Crippen molar-refractivity contribution in [1.29, 1.82) is 0 Å². The van der Waals surface area contributed by atoms with E-state index in [1.807, 2.05) is 5.38 Å². The van der Waals surface area contributed by atoms with Crippen LogP contribution in [0.1, 0.15) is 5.56 Å². The van der Waals surface area contributed by atoms with Crippen molar-refractivity contribution >= 4 is 33.5 Å². The Labute approximate surface area is 141 Å². The lowest BCUT2D eigenvalue weighted by Gasteiger charge is -2.05. The van der Waals surface area contributed by atoms with Gasteiger partial charge in [0.15, 0.2) is 0 Å². The molecule has 2 aromatic heterocycles. The van der Waals surface area contributed by atoms with Crippen LogP contribution in [-0.4, -0.2) is 22.0 Å². The average Bonchev–Trinajstić information content (AvgIpc) is 3.06. The molecule has 0 aliphatic heterocycles. The second-order valence-corrected chi connectivity index (χ2v) is 5.92. The maximum absolute atomic E-state index is 13.4. The van der Waals surface area contributed by atoms with Crippen molar-refractivity contribution in [2.45, 2.75) is 6.54 Å². The minimum absolute atomic E-state index is 0.127. The zero-order chi connectivity index (χ0) is 16.9. The molecule has 3 rings (SSSR count). The van der Waals surface area contributed by atoms with E-state index in [4.69, 9.17) is 0 Å². The number of hydrogen-bond donors (Lipinski definition) is 1. The van der Waals surface area contributed by atoms with Gasteiger partial charge in [-0.3, -0.25) is 14.2 Å². The number of thiophene rings is 1. The molecule has 1 N–H and O–H groups in total. The number of carbonyl (C=O) groups excluding carboxylic acids is 1. The predicted molar refractivity (Wildman–Crippen MR) is 92.3 cm³/mol. The van der Waals surface area contributed by atoms with E-state index in [0.717, 1.165) is 0 Å². The lowest BCUT2D eigenvalue weighted by molar-refractivity contribution is -0.116. The van der Waals surface area contributed by atoms with Gasteiger partial charge in [-0.05, 0) is 23.6 Å². The Morgan fingerprint density at radius 2 is 2.17 bits per heavy atom. The fourth-order valence-electron chi connectivity index (χ4n) is 2.19. The first-order valence-corrected chi connectivity index (χ1v) is 8.16. The number of amides is 1. The van der Waals surface area contributed by atoms with E-state index in [1.54, 1.807) is 24.3 Å². The van der Waals surface area contributed by atoms with E-state index in [-0.39, 0.29) is 23.8 Å². The van der Waals surface area contributed by atoms with Crippen LogP contribution in [0.2, 0.25) is 0 Å². The van der Waals surface area contributed by atoms with Gasteiger partial charge >= 0.3 is 0 Å². The molecule has 0 unspecified atom stereocenters. The molecule has 1 amide bonds. The van der Waals surface area contributed by atoms with Gasteiger partial charge < -0.3 is 5.32 Å². The van der Waals surface area contributed by atoms with Crippen LogP contribution in [0, 0.1) is 5.82 Å². The van der Waals surface area contributed by atoms with Crippen molar-refractivity contribution in [2.24, 2.45) is 0 Å². The van der Waals surface area contributed by atoms with Gasteiger partial charge in [-0.25, -0.2) is 9.37 Å². The van der Waals surface area contributed by atoms with Gasteiger partial charge in [-0.1, -0.05) is 18.2 Å². The number of hydrogen-bond acceptors (Lipinski definition) is 4. The fourth-order valence-corrected chi connectivity index (χ4v) is 2.91. The topological polar surface area (TPSA) is 64.0 Å². The number of benzene rings is 1. The Bertz CT molecular complexity index is 962. The number of halogens is 1. The summed E-state index contributed by atoms with van der Waals surface area (Å²) in [6.07, 6.45) is 4.15. The van der Waals surface area contributed by atoms with Gasteiger partial charge in [0.2, 0.25) is 5.91 Å². The van der Waals surface area contributed by atoms with Gasteiger partial charge in [-0.15, -0.1) is 11.3 Å². The van der Waals surface area contributed by atoms with Gasteiger partial charge in [0, 0.05) is 24.7 Å². The molecule has 0 fully saturated rings. The Hall–Kier alpha value is -2.80. The Balaban J connectivity index is 1.57. The van der Waals surface area contributed by atoms with Gasteiger partial charge in [0.25, 0.3) is 5.56 Å². The molecule has 0 aliphatic rings. The molecular weight excluding hydrogens is 329 g/mol. The summed E-state index contributed by atoms with van der Waals surface area (Å²) in [5.74, 6) is -0.737. The van der Waals surface area contributed by atoms with Crippen LogP contribution in [0.15, 0.2) is 52.9 Å². The van der Waals surface area contributed by atoms with Gasteiger partial charge in [-0.2, -0.15) is 0 Å². The molecule has 2 heterocycles. The van der Waals surface area contributed by atoms with Crippen molar-refractivity contribution in [2.75, 3.05) is 6.54 Å². The maximum Gasteiger partial charge on any atom is 0.262 e. The molecule has 0 bridgehead atoms. The first-order valence-electron chi connectivity index (χ1n) is 7.28. The Morgan fingerprint density at radius 3 is 3.00 bits per heavy atom. The molecule has 0 radical (unpaired) electrons. The van der Waals surface area contributed by atoms with Crippen molar-refractivity contribution < 1.29 is 9.18 Å². The Morgan fingerprint density at radius 1 is 1.33 bits per heavy atom. The van der Waals surface area contributed by atoms with E-state index >= 15 is 0 Å². The number of nitrogens with zero attached hydrogens (tertiary/aromatic N) is 2. The average molecular weight is 343 g/mol. The standard InChI is InChI=1S/C17H14FN3O2S/c18-14-4-2-1-3-12(14)5-6-15(22)19-8-9-21-11-20-16-13(17(21)23)7-10-24-16/h1-7,10-11H,8-9H2,(H,19,22)/b6-5+. The highest BCUT2D eigenvalue weighted by Crippen LogP contribution is 2.13. The summed E-state index contributed by atoms with van der Waals surface area (Å²) in [6.45, 7) is 0.592. The minimum Gasteiger partial charge on any atom is -0.351 e. The van der Waals surface area contributed by atoms with Crippen LogP contribution < -0.4 is 10.9 Å². The largest absolute Gasteiger partial charge is 0.351 e. The van der Waals surface area contributed by atoms with Gasteiger partial charge in [0.1, 0.15) is 10.6 Å². The van der Waals surface area contributed by atoms with Crippen molar-refractivity contribution in [3.63, 3.8) is 0 Å². The number of aromatic nitrogens is 2. The van der Waals surface area contributed by atoms with E-state index in [1.165, 1.54) is 40.4 Å². The minimum atomic E-state index is -0.386. The number of nitrogens with one attached hydrogen (secondary N) is 1.